The largest absolute Gasteiger partial charge is 0.352 e. The molecule has 1 heterocycles. The van der Waals surface area contributed by atoms with E-state index in [1.165, 1.54) is 16.4 Å². The lowest BCUT2D eigenvalue weighted by Crippen LogP contribution is -2.35. The lowest BCUT2D eigenvalue weighted by molar-refractivity contribution is 0.0953. The second kappa shape index (κ2) is 7.07. The monoisotopic (exact) mass is 376 g/mol. The maximum atomic E-state index is 13.1. The second-order valence-corrected chi connectivity index (χ2v) is 8.22. The van der Waals surface area contributed by atoms with E-state index in [0.717, 1.165) is 24.1 Å². The summed E-state index contributed by atoms with van der Waals surface area (Å²) in [7, 11) is -3.80. The number of hydrogen-bond donors (Lipinski definition) is 1. The predicted octanol–water partition coefficient (Wildman–Crippen LogP) is 3.11. The summed E-state index contributed by atoms with van der Waals surface area (Å²) in [4.78, 5) is 12.2. The zero-order chi connectivity index (χ0) is 18.9. The fourth-order valence-electron chi connectivity index (χ4n) is 3.17. The Balaban J connectivity index is 1.95. The lowest BCUT2D eigenvalue weighted by Gasteiger charge is -2.24. The van der Waals surface area contributed by atoms with E-state index in [1.54, 1.807) is 18.2 Å². The quantitative estimate of drug-likeness (QED) is 0.872. The molecule has 0 saturated heterocycles. The van der Waals surface area contributed by atoms with Gasteiger partial charge in [0.25, 0.3) is 15.9 Å². The van der Waals surface area contributed by atoms with Crippen molar-refractivity contribution >= 4 is 21.6 Å². The predicted molar refractivity (Wildman–Crippen MR) is 98.3 cm³/mol. The van der Waals surface area contributed by atoms with E-state index in [9.17, 15) is 17.6 Å². The van der Waals surface area contributed by atoms with Gasteiger partial charge in [0.2, 0.25) is 0 Å². The van der Waals surface area contributed by atoms with Crippen molar-refractivity contribution in [2.45, 2.75) is 37.6 Å². The molecule has 7 heteroatoms. The highest BCUT2D eigenvalue weighted by molar-refractivity contribution is 7.92. The first-order chi connectivity index (χ1) is 12.3. The molecule has 0 aromatic heterocycles. The van der Waals surface area contributed by atoms with Gasteiger partial charge >= 0.3 is 0 Å². The van der Waals surface area contributed by atoms with Crippen LogP contribution in [0.15, 0.2) is 47.4 Å². The van der Waals surface area contributed by atoms with Crippen LogP contribution in [-0.4, -0.2) is 26.9 Å². The van der Waals surface area contributed by atoms with Gasteiger partial charge in [0, 0.05) is 18.2 Å². The van der Waals surface area contributed by atoms with E-state index in [-0.39, 0.29) is 16.8 Å². The zero-order valence-electron chi connectivity index (χ0n) is 14.7. The van der Waals surface area contributed by atoms with Crippen molar-refractivity contribution in [2.75, 3.05) is 10.8 Å². The first-order valence-corrected chi connectivity index (χ1v) is 9.99. The molecule has 0 spiro atoms. The molecule has 2 aromatic carbocycles. The molecule has 26 heavy (non-hydrogen) atoms. The summed E-state index contributed by atoms with van der Waals surface area (Å²) in [5.74, 6) is -0.649. The molecule has 1 amide bonds. The first kappa shape index (κ1) is 18.4. The Labute approximate surface area is 152 Å². The SMILES string of the molecule is CCCNC(=O)c1ccc2c(c1)C[C@@H](C)N2S(=O)(=O)c1ccc(F)cc1. The van der Waals surface area contributed by atoms with Crippen LogP contribution in [0.25, 0.3) is 0 Å². The Morgan fingerprint density at radius 3 is 2.58 bits per heavy atom. The van der Waals surface area contributed by atoms with Crippen molar-refractivity contribution < 1.29 is 17.6 Å². The molecule has 0 saturated carbocycles. The lowest BCUT2D eigenvalue weighted by atomic mass is 10.1. The van der Waals surface area contributed by atoms with Crippen LogP contribution < -0.4 is 9.62 Å². The number of amides is 1. The molecular formula is C19H21FN2O3S. The number of rotatable bonds is 5. The third kappa shape index (κ3) is 3.31. The molecule has 0 unspecified atom stereocenters. The summed E-state index contributed by atoms with van der Waals surface area (Å²) in [6, 6.07) is 9.57. The molecule has 2 aromatic rings. The van der Waals surface area contributed by atoms with Gasteiger partial charge in [-0.2, -0.15) is 0 Å². The fourth-order valence-corrected chi connectivity index (χ4v) is 4.86. The maximum absolute atomic E-state index is 13.1. The summed E-state index contributed by atoms with van der Waals surface area (Å²) in [6.45, 7) is 4.39. The Bertz CT molecular complexity index is 926. The molecule has 138 valence electrons. The van der Waals surface area contributed by atoms with Crippen LogP contribution in [0.4, 0.5) is 10.1 Å². The van der Waals surface area contributed by atoms with Gasteiger partial charge in [0.1, 0.15) is 5.82 Å². The average Bonchev–Trinajstić information content (AvgIpc) is 2.95. The zero-order valence-corrected chi connectivity index (χ0v) is 15.5. The number of nitrogens with zero attached hydrogens (tertiary/aromatic N) is 1. The standard InChI is InChI=1S/C19H21FN2O3S/c1-3-10-21-19(23)14-4-9-18-15(12-14)11-13(2)22(18)26(24,25)17-7-5-16(20)6-8-17/h4-9,12-13H,3,10-11H2,1-2H3,(H,21,23)/t13-/m1/s1. The number of nitrogens with one attached hydrogen (secondary N) is 1. The molecule has 1 atom stereocenters. The van der Waals surface area contributed by atoms with Crippen molar-refractivity contribution in [2.24, 2.45) is 0 Å². The third-order valence-electron chi connectivity index (χ3n) is 4.40. The minimum atomic E-state index is -3.80. The molecule has 0 aliphatic carbocycles. The minimum Gasteiger partial charge on any atom is -0.352 e. The summed E-state index contributed by atoms with van der Waals surface area (Å²) >= 11 is 0. The van der Waals surface area contributed by atoms with Crippen molar-refractivity contribution in [3.8, 4) is 0 Å². The highest BCUT2D eigenvalue weighted by atomic mass is 32.2. The number of carbonyl (C=O) groups excluding carboxylic acids is 1. The Morgan fingerprint density at radius 1 is 1.23 bits per heavy atom. The van der Waals surface area contributed by atoms with Crippen LogP contribution in [0.5, 0.6) is 0 Å². The Hall–Kier alpha value is -2.41. The number of sulfonamides is 1. The smallest absolute Gasteiger partial charge is 0.264 e. The molecule has 1 aliphatic heterocycles. The summed E-state index contributed by atoms with van der Waals surface area (Å²) in [5, 5.41) is 2.82. The highest BCUT2D eigenvalue weighted by Gasteiger charge is 2.36. The molecule has 1 N–H and O–H groups in total. The Morgan fingerprint density at radius 2 is 1.92 bits per heavy atom. The van der Waals surface area contributed by atoms with Crippen LogP contribution in [0, 0.1) is 5.82 Å². The van der Waals surface area contributed by atoms with Gasteiger partial charge < -0.3 is 5.32 Å². The maximum Gasteiger partial charge on any atom is 0.264 e. The molecule has 1 aliphatic rings. The summed E-state index contributed by atoms with van der Waals surface area (Å²) in [5.41, 5.74) is 1.90. The van der Waals surface area contributed by atoms with E-state index >= 15 is 0 Å². The number of anilines is 1. The van der Waals surface area contributed by atoms with Crippen molar-refractivity contribution in [1.29, 1.82) is 0 Å². The van der Waals surface area contributed by atoms with E-state index in [1.807, 2.05) is 13.8 Å². The number of halogens is 1. The summed E-state index contributed by atoms with van der Waals surface area (Å²) < 4.78 is 40.5. The van der Waals surface area contributed by atoms with Crippen molar-refractivity contribution in [1.82, 2.24) is 5.32 Å². The molecular weight excluding hydrogens is 355 g/mol. The van der Waals surface area contributed by atoms with Crippen LogP contribution in [0.1, 0.15) is 36.2 Å². The molecule has 0 radical (unpaired) electrons. The van der Waals surface area contributed by atoms with Crippen molar-refractivity contribution in [3.05, 3.63) is 59.4 Å². The van der Waals surface area contributed by atoms with Crippen LogP contribution in [-0.2, 0) is 16.4 Å². The van der Waals surface area contributed by atoms with Gasteiger partial charge in [-0.25, -0.2) is 12.8 Å². The molecule has 3 rings (SSSR count). The Kier molecular flexibility index (Phi) is 5.00. The third-order valence-corrected chi connectivity index (χ3v) is 6.34. The van der Waals surface area contributed by atoms with Gasteiger partial charge in [0.05, 0.1) is 10.6 Å². The topological polar surface area (TPSA) is 66.5 Å². The number of fused-ring (bicyclic) bond motifs is 1. The number of carbonyl (C=O) groups is 1. The van der Waals surface area contributed by atoms with Crippen LogP contribution in [0.2, 0.25) is 0 Å². The first-order valence-electron chi connectivity index (χ1n) is 8.55. The van der Waals surface area contributed by atoms with Gasteiger partial charge in [-0.15, -0.1) is 0 Å². The van der Waals surface area contributed by atoms with Gasteiger partial charge in [-0.3, -0.25) is 9.10 Å². The second-order valence-electron chi connectivity index (χ2n) is 6.41. The van der Waals surface area contributed by atoms with E-state index in [0.29, 0.717) is 24.2 Å². The average molecular weight is 376 g/mol. The van der Waals surface area contributed by atoms with Crippen LogP contribution >= 0.6 is 0 Å². The molecule has 0 fully saturated rings. The van der Waals surface area contributed by atoms with Crippen LogP contribution in [0.3, 0.4) is 0 Å². The molecule has 0 bridgehead atoms. The van der Waals surface area contributed by atoms with E-state index in [4.69, 9.17) is 0 Å². The molecule has 5 nitrogen and oxygen atoms in total. The van der Waals surface area contributed by atoms with Gasteiger partial charge in [-0.1, -0.05) is 6.92 Å². The highest BCUT2D eigenvalue weighted by Crippen LogP contribution is 2.37. The minimum absolute atomic E-state index is 0.0448. The van der Waals surface area contributed by atoms with Crippen molar-refractivity contribution in [3.63, 3.8) is 0 Å². The number of benzene rings is 2. The summed E-state index contributed by atoms with van der Waals surface area (Å²) in [6.07, 6.45) is 1.36. The normalized spacial score (nSPS) is 16.4. The van der Waals surface area contributed by atoms with Gasteiger partial charge in [-0.05, 0) is 67.8 Å². The number of hydrogen-bond acceptors (Lipinski definition) is 3. The van der Waals surface area contributed by atoms with Gasteiger partial charge in [0.15, 0.2) is 0 Å². The van der Waals surface area contributed by atoms with E-state index < -0.39 is 15.8 Å². The van der Waals surface area contributed by atoms with E-state index in [2.05, 4.69) is 5.32 Å². The fraction of sp³-hybridized carbons (Fsp3) is 0.316.